The molecule has 98 valence electrons. The van der Waals surface area contributed by atoms with E-state index in [1.807, 2.05) is 0 Å². The Kier molecular flexibility index (Phi) is 5.62. The van der Waals surface area contributed by atoms with Gasteiger partial charge in [-0.3, -0.25) is 0 Å². The van der Waals surface area contributed by atoms with E-state index in [9.17, 15) is 0 Å². The Morgan fingerprint density at radius 2 is 1.88 bits per heavy atom. The van der Waals surface area contributed by atoms with Crippen LogP contribution in [0.5, 0.6) is 0 Å². The van der Waals surface area contributed by atoms with Crippen molar-refractivity contribution in [3.8, 4) is 0 Å². The Morgan fingerprint density at radius 3 is 2.47 bits per heavy atom. The maximum Gasteiger partial charge on any atom is 0.228 e. The Morgan fingerprint density at radius 1 is 1.18 bits per heavy atom. The predicted octanol–water partition coefficient (Wildman–Crippen LogP) is 2.57. The minimum atomic E-state index is 0.119. The molecule has 17 heavy (non-hydrogen) atoms. The van der Waals surface area contributed by atoms with Crippen molar-refractivity contribution in [1.29, 1.82) is 0 Å². The average Bonchev–Trinajstić information content (AvgIpc) is 2.61. The quantitative estimate of drug-likeness (QED) is 0.794. The lowest BCUT2D eigenvalue weighted by Gasteiger charge is -2.10. The summed E-state index contributed by atoms with van der Waals surface area (Å²) in [7, 11) is 0. The molecule has 0 saturated heterocycles. The molecule has 0 spiro atoms. The number of rotatable bonds is 7. The van der Waals surface area contributed by atoms with Gasteiger partial charge in [0.2, 0.25) is 5.89 Å². The van der Waals surface area contributed by atoms with E-state index in [0.717, 1.165) is 25.1 Å². The predicted molar refractivity (Wildman–Crippen MR) is 68.6 cm³/mol. The molecule has 0 fully saturated rings. The summed E-state index contributed by atoms with van der Waals surface area (Å²) < 4.78 is 5.21. The monoisotopic (exact) mass is 239 g/mol. The standard InChI is InChI=1S/C13H25N3O/c1-9(2)5-6-12-15-13(17-16-12)8-11(14)7-10(3)4/h9-11H,5-8,14H2,1-4H3. The Bertz CT molecular complexity index is 320. The van der Waals surface area contributed by atoms with Gasteiger partial charge >= 0.3 is 0 Å². The van der Waals surface area contributed by atoms with Gasteiger partial charge in [0.1, 0.15) is 0 Å². The van der Waals surface area contributed by atoms with Gasteiger partial charge in [-0.15, -0.1) is 0 Å². The summed E-state index contributed by atoms with van der Waals surface area (Å²) in [5, 5.41) is 3.98. The van der Waals surface area contributed by atoms with Crippen LogP contribution in [-0.2, 0) is 12.8 Å². The maximum atomic E-state index is 6.01. The highest BCUT2D eigenvalue weighted by atomic mass is 16.5. The van der Waals surface area contributed by atoms with Crippen molar-refractivity contribution in [3.05, 3.63) is 11.7 Å². The fraction of sp³-hybridized carbons (Fsp3) is 0.846. The molecule has 1 atom stereocenters. The molecule has 4 nitrogen and oxygen atoms in total. The fourth-order valence-corrected chi connectivity index (χ4v) is 1.81. The molecule has 0 bridgehead atoms. The molecule has 1 unspecified atom stereocenters. The number of hydrogen-bond acceptors (Lipinski definition) is 4. The maximum absolute atomic E-state index is 6.01. The number of aryl methyl sites for hydroxylation is 1. The summed E-state index contributed by atoms with van der Waals surface area (Å²) in [6.45, 7) is 8.72. The van der Waals surface area contributed by atoms with Crippen molar-refractivity contribution >= 4 is 0 Å². The number of aromatic nitrogens is 2. The summed E-state index contributed by atoms with van der Waals surface area (Å²) >= 11 is 0. The smallest absolute Gasteiger partial charge is 0.228 e. The van der Waals surface area contributed by atoms with Gasteiger partial charge in [-0.05, 0) is 24.7 Å². The molecule has 0 amide bonds. The topological polar surface area (TPSA) is 64.9 Å². The van der Waals surface area contributed by atoms with Gasteiger partial charge < -0.3 is 10.3 Å². The molecule has 1 aromatic rings. The third-order valence-electron chi connectivity index (χ3n) is 2.67. The zero-order valence-electron chi connectivity index (χ0n) is 11.4. The summed E-state index contributed by atoms with van der Waals surface area (Å²) in [5.74, 6) is 2.76. The van der Waals surface area contributed by atoms with Gasteiger partial charge in [-0.25, -0.2) is 0 Å². The molecule has 4 heteroatoms. The van der Waals surface area contributed by atoms with E-state index in [0.29, 0.717) is 24.1 Å². The van der Waals surface area contributed by atoms with E-state index in [4.69, 9.17) is 10.3 Å². The van der Waals surface area contributed by atoms with Gasteiger partial charge in [0.05, 0.1) is 0 Å². The molecule has 0 aliphatic heterocycles. The van der Waals surface area contributed by atoms with Gasteiger partial charge in [0.15, 0.2) is 5.82 Å². The van der Waals surface area contributed by atoms with E-state index in [1.54, 1.807) is 0 Å². The molecule has 0 aromatic carbocycles. The number of nitrogens with two attached hydrogens (primary N) is 1. The molecule has 1 aromatic heterocycles. The Balaban J connectivity index is 2.39. The lowest BCUT2D eigenvalue weighted by molar-refractivity contribution is 0.354. The van der Waals surface area contributed by atoms with Crippen LogP contribution >= 0.6 is 0 Å². The summed E-state index contributed by atoms with van der Waals surface area (Å²) in [6.07, 6.45) is 3.66. The Hall–Kier alpha value is -0.900. The van der Waals surface area contributed by atoms with Crippen molar-refractivity contribution < 1.29 is 4.52 Å². The molecule has 0 aliphatic rings. The second kappa shape index (κ2) is 6.74. The molecule has 0 aliphatic carbocycles. The summed E-state index contributed by atoms with van der Waals surface area (Å²) in [4.78, 5) is 4.37. The van der Waals surface area contributed by atoms with E-state index in [1.165, 1.54) is 0 Å². The molecule has 1 heterocycles. The molecular formula is C13H25N3O. The van der Waals surface area contributed by atoms with Crippen molar-refractivity contribution in [3.63, 3.8) is 0 Å². The van der Waals surface area contributed by atoms with Gasteiger partial charge in [0, 0.05) is 18.9 Å². The van der Waals surface area contributed by atoms with Crippen LogP contribution in [0.2, 0.25) is 0 Å². The highest BCUT2D eigenvalue weighted by Gasteiger charge is 2.12. The van der Waals surface area contributed by atoms with Crippen LogP contribution in [0, 0.1) is 11.8 Å². The zero-order chi connectivity index (χ0) is 12.8. The first-order valence-electron chi connectivity index (χ1n) is 6.54. The normalized spacial score (nSPS) is 13.6. The van der Waals surface area contributed by atoms with Crippen LogP contribution in [0.4, 0.5) is 0 Å². The number of hydrogen-bond donors (Lipinski definition) is 1. The van der Waals surface area contributed by atoms with E-state index >= 15 is 0 Å². The fourth-order valence-electron chi connectivity index (χ4n) is 1.81. The first kappa shape index (κ1) is 14.2. The van der Waals surface area contributed by atoms with Gasteiger partial charge in [-0.1, -0.05) is 32.9 Å². The van der Waals surface area contributed by atoms with E-state index < -0.39 is 0 Å². The first-order valence-corrected chi connectivity index (χ1v) is 6.54. The van der Waals surface area contributed by atoms with Gasteiger partial charge in [-0.2, -0.15) is 4.98 Å². The minimum Gasteiger partial charge on any atom is -0.339 e. The average molecular weight is 239 g/mol. The third kappa shape index (κ3) is 5.82. The zero-order valence-corrected chi connectivity index (χ0v) is 11.4. The second-order valence-electron chi connectivity index (χ2n) is 5.63. The van der Waals surface area contributed by atoms with E-state index in [2.05, 4.69) is 37.8 Å². The van der Waals surface area contributed by atoms with E-state index in [-0.39, 0.29) is 6.04 Å². The van der Waals surface area contributed by atoms with Crippen LogP contribution in [0.3, 0.4) is 0 Å². The molecular weight excluding hydrogens is 214 g/mol. The molecule has 2 N–H and O–H groups in total. The SMILES string of the molecule is CC(C)CCc1noc(CC(N)CC(C)C)n1. The van der Waals surface area contributed by atoms with Crippen LogP contribution in [0.15, 0.2) is 4.52 Å². The largest absolute Gasteiger partial charge is 0.339 e. The molecule has 0 radical (unpaired) electrons. The third-order valence-corrected chi connectivity index (χ3v) is 2.67. The molecule has 0 saturated carbocycles. The highest BCUT2D eigenvalue weighted by Crippen LogP contribution is 2.10. The minimum absolute atomic E-state index is 0.119. The van der Waals surface area contributed by atoms with Crippen LogP contribution in [-0.4, -0.2) is 16.2 Å². The van der Waals surface area contributed by atoms with Crippen molar-refractivity contribution in [1.82, 2.24) is 10.1 Å². The van der Waals surface area contributed by atoms with Crippen molar-refractivity contribution in [2.24, 2.45) is 17.6 Å². The summed E-state index contributed by atoms with van der Waals surface area (Å²) in [6, 6.07) is 0.119. The highest BCUT2D eigenvalue weighted by molar-refractivity contribution is 4.89. The second-order valence-corrected chi connectivity index (χ2v) is 5.63. The van der Waals surface area contributed by atoms with Crippen LogP contribution < -0.4 is 5.73 Å². The van der Waals surface area contributed by atoms with Crippen molar-refractivity contribution in [2.45, 2.75) is 59.4 Å². The molecule has 1 rings (SSSR count). The van der Waals surface area contributed by atoms with Crippen LogP contribution in [0.1, 0.15) is 52.3 Å². The van der Waals surface area contributed by atoms with Gasteiger partial charge in [0.25, 0.3) is 0 Å². The van der Waals surface area contributed by atoms with Crippen molar-refractivity contribution in [2.75, 3.05) is 0 Å². The first-order chi connectivity index (χ1) is 7.97. The number of nitrogens with zero attached hydrogens (tertiary/aromatic N) is 2. The van der Waals surface area contributed by atoms with Crippen LogP contribution in [0.25, 0.3) is 0 Å². The lowest BCUT2D eigenvalue weighted by atomic mass is 10.0. The lowest BCUT2D eigenvalue weighted by Crippen LogP contribution is -2.24. The summed E-state index contributed by atoms with van der Waals surface area (Å²) in [5.41, 5.74) is 6.01. The Labute approximate surface area is 104 Å².